The van der Waals surface area contributed by atoms with Crippen LogP contribution in [0.15, 0.2) is 0 Å². The van der Waals surface area contributed by atoms with Crippen molar-refractivity contribution < 1.29 is 56.9 Å². The summed E-state index contributed by atoms with van der Waals surface area (Å²) in [6.07, 6.45) is 7.67. The van der Waals surface area contributed by atoms with Crippen molar-refractivity contribution in [3.05, 3.63) is 0 Å². The molecule has 0 atom stereocenters. The lowest BCUT2D eigenvalue weighted by Crippen LogP contribution is -2.15. The maximum Gasteiger partial charge on any atom is 0.305 e. The number of esters is 1. The highest BCUT2D eigenvalue weighted by molar-refractivity contribution is 5.69. The van der Waals surface area contributed by atoms with Crippen molar-refractivity contribution in [2.24, 2.45) is 0 Å². The highest BCUT2D eigenvalue weighted by atomic mass is 16.6. The summed E-state index contributed by atoms with van der Waals surface area (Å²) in [6, 6.07) is 0. The fourth-order valence-electron chi connectivity index (χ4n) is 3.54. The van der Waals surface area contributed by atoms with Gasteiger partial charge in [0.15, 0.2) is 0 Å². The molecule has 0 aliphatic carbocycles. The summed E-state index contributed by atoms with van der Waals surface area (Å²) in [4.78, 5) is 11.7. The van der Waals surface area contributed by atoms with Crippen molar-refractivity contribution in [1.29, 1.82) is 0 Å². The highest BCUT2D eigenvalue weighted by Crippen LogP contribution is 2.07. The van der Waals surface area contributed by atoms with E-state index in [0.717, 1.165) is 12.8 Å². The topological polar surface area (TPSA) is 119 Å². The van der Waals surface area contributed by atoms with Crippen LogP contribution in [0.25, 0.3) is 0 Å². The van der Waals surface area contributed by atoms with Crippen LogP contribution in [0.3, 0.4) is 0 Å². The average Bonchev–Trinajstić information content (AvgIpc) is 3.01. The molecule has 0 aromatic rings. The second-order valence-electron chi connectivity index (χ2n) is 10.2. The fourth-order valence-corrected chi connectivity index (χ4v) is 3.54. The number of rotatable bonds is 38. The van der Waals surface area contributed by atoms with Gasteiger partial charge in [-0.25, -0.2) is 0 Å². The van der Waals surface area contributed by atoms with Crippen LogP contribution < -0.4 is 0 Å². The summed E-state index contributed by atoms with van der Waals surface area (Å²) in [5, 5.41) is 0. The maximum atomic E-state index is 11.7. The molecule has 0 aromatic carbocycles. The van der Waals surface area contributed by atoms with Gasteiger partial charge < -0.3 is 52.1 Å². The number of hydrogen-bond acceptors (Lipinski definition) is 12. The van der Waals surface area contributed by atoms with Gasteiger partial charge in [-0.05, 0) is 20.3 Å². The third-order valence-electron chi connectivity index (χ3n) is 5.88. The van der Waals surface area contributed by atoms with Gasteiger partial charge in [0.1, 0.15) is 6.61 Å². The van der Waals surface area contributed by atoms with Crippen molar-refractivity contribution in [3.8, 4) is 0 Å². The van der Waals surface area contributed by atoms with Crippen LogP contribution in [-0.2, 0) is 56.9 Å². The third kappa shape index (κ3) is 39.1. The van der Waals surface area contributed by atoms with E-state index in [1.807, 2.05) is 13.8 Å². The van der Waals surface area contributed by atoms with Gasteiger partial charge in [0, 0.05) is 6.42 Å². The van der Waals surface area contributed by atoms with E-state index in [2.05, 4.69) is 6.92 Å². The molecular weight excluding hydrogens is 576 g/mol. The number of carbonyl (C=O) groups excluding carboxylic acids is 1. The van der Waals surface area contributed by atoms with Gasteiger partial charge in [-0.3, -0.25) is 4.79 Å². The van der Waals surface area contributed by atoms with Crippen molar-refractivity contribution >= 4 is 5.97 Å². The van der Waals surface area contributed by atoms with Gasteiger partial charge in [-0.1, -0.05) is 39.0 Å². The first-order chi connectivity index (χ1) is 21.7. The molecule has 0 unspecified atom stereocenters. The smallest absolute Gasteiger partial charge is 0.305 e. The van der Waals surface area contributed by atoms with Crippen molar-refractivity contribution in [2.45, 2.75) is 71.8 Å². The predicted molar refractivity (Wildman–Crippen MR) is 167 cm³/mol. The molecule has 0 amide bonds. The second-order valence-corrected chi connectivity index (χ2v) is 10.2. The molecule has 12 heteroatoms. The van der Waals surface area contributed by atoms with Crippen LogP contribution in [0.4, 0.5) is 0 Å². The van der Waals surface area contributed by atoms with E-state index < -0.39 is 0 Å². The molecule has 0 radical (unpaired) electrons. The first kappa shape index (κ1) is 43.1. The van der Waals surface area contributed by atoms with Gasteiger partial charge in [-0.15, -0.1) is 0 Å². The molecule has 264 valence electrons. The summed E-state index contributed by atoms with van der Waals surface area (Å²) in [5.74, 6) is -0.142. The van der Waals surface area contributed by atoms with E-state index in [0.29, 0.717) is 132 Å². The molecule has 0 heterocycles. The first-order valence-corrected chi connectivity index (χ1v) is 16.6. The first-order valence-electron chi connectivity index (χ1n) is 16.6. The normalized spacial score (nSPS) is 11.5. The Balaban J connectivity index is 3.09. The molecule has 0 bridgehead atoms. The lowest BCUT2D eigenvalue weighted by Gasteiger charge is -2.09. The Bertz CT molecular complexity index is 553. The van der Waals surface area contributed by atoms with E-state index >= 15 is 0 Å². The van der Waals surface area contributed by atoms with Gasteiger partial charge in [0.05, 0.1) is 132 Å². The third-order valence-corrected chi connectivity index (χ3v) is 5.88. The quantitative estimate of drug-likeness (QED) is 0.0720. The van der Waals surface area contributed by atoms with E-state index in [1.54, 1.807) is 0 Å². The molecule has 0 aliphatic heterocycles. The Morgan fingerprint density at radius 3 is 1.05 bits per heavy atom. The van der Waals surface area contributed by atoms with Crippen LogP contribution in [-0.4, -0.2) is 144 Å². The Morgan fingerprint density at radius 2 is 0.705 bits per heavy atom. The zero-order valence-electron chi connectivity index (χ0n) is 28.1. The lowest BCUT2D eigenvalue weighted by atomic mass is 10.1. The van der Waals surface area contributed by atoms with Crippen LogP contribution in [0.5, 0.6) is 0 Å². The van der Waals surface area contributed by atoms with Crippen LogP contribution >= 0.6 is 0 Å². The predicted octanol–water partition coefficient (Wildman–Crippen LogP) is 3.85. The number of ether oxygens (including phenoxy) is 11. The molecule has 0 spiro atoms. The number of hydrogen-bond donors (Lipinski definition) is 0. The van der Waals surface area contributed by atoms with E-state index in [4.69, 9.17) is 52.1 Å². The van der Waals surface area contributed by atoms with Gasteiger partial charge in [0.25, 0.3) is 0 Å². The lowest BCUT2D eigenvalue weighted by molar-refractivity contribution is -0.145. The SMILES string of the molecule is CCCCCCCCC(=O)OCCOCCOCCOCCOCCOCCOCCOCCOCCOCCOC(C)C. The Kier molecular flexibility index (Phi) is 37.4. The molecule has 44 heavy (non-hydrogen) atoms. The van der Waals surface area contributed by atoms with Crippen molar-refractivity contribution in [1.82, 2.24) is 0 Å². The number of unbranched alkanes of at least 4 members (excludes halogenated alkanes) is 5. The molecule has 0 saturated carbocycles. The van der Waals surface area contributed by atoms with E-state index in [1.165, 1.54) is 25.7 Å². The summed E-state index contributed by atoms with van der Waals surface area (Å²) < 4.78 is 59.6. The van der Waals surface area contributed by atoms with Gasteiger partial charge in [0.2, 0.25) is 0 Å². The van der Waals surface area contributed by atoms with Crippen molar-refractivity contribution in [3.63, 3.8) is 0 Å². The van der Waals surface area contributed by atoms with E-state index in [-0.39, 0.29) is 18.7 Å². The molecule has 0 saturated heterocycles. The highest BCUT2D eigenvalue weighted by Gasteiger charge is 2.02. The van der Waals surface area contributed by atoms with Crippen LogP contribution in [0.1, 0.15) is 65.7 Å². The van der Waals surface area contributed by atoms with E-state index in [9.17, 15) is 4.79 Å². The molecule has 0 aromatic heterocycles. The van der Waals surface area contributed by atoms with Crippen LogP contribution in [0, 0.1) is 0 Å². The Hall–Kier alpha value is -0.930. The molecule has 0 rings (SSSR count). The summed E-state index contributed by atoms with van der Waals surface area (Å²) >= 11 is 0. The summed E-state index contributed by atoms with van der Waals surface area (Å²) in [6.45, 7) is 16.2. The molecule has 0 fully saturated rings. The Labute approximate surface area is 266 Å². The van der Waals surface area contributed by atoms with Gasteiger partial charge in [-0.2, -0.15) is 0 Å². The maximum absolute atomic E-state index is 11.7. The second kappa shape index (κ2) is 38.3. The number of carbonyl (C=O) groups is 1. The minimum atomic E-state index is -0.142. The zero-order chi connectivity index (χ0) is 32.0. The molecule has 0 aliphatic rings. The summed E-state index contributed by atoms with van der Waals surface area (Å²) in [7, 11) is 0. The molecule has 0 N–H and O–H groups in total. The Morgan fingerprint density at radius 1 is 0.409 bits per heavy atom. The summed E-state index contributed by atoms with van der Waals surface area (Å²) in [5.41, 5.74) is 0. The zero-order valence-corrected chi connectivity index (χ0v) is 28.1. The minimum Gasteiger partial charge on any atom is -0.463 e. The molecule has 12 nitrogen and oxygen atoms in total. The standard InChI is InChI=1S/C32H64O12/c1-4-5-6-7-8-9-10-32(33)44-30-28-42-26-24-40-22-20-38-18-16-36-14-12-34-11-13-35-15-17-37-19-21-39-23-25-41-27-29-43-31(2)3/h31H,4-30H2,1-3H3. The average molecular weight is 641 g/mol. The monoisotopic (exact) mass is 640 g/mol. The van der Waals surface area contributed by atoms with Crippen molar-refractivity contribution in [2.75, 3.05) is 132 Å². The fraction of sp³-hybridized carbons (Fsp3) is 0.969. The minimum absolute atomic E-state index is 0.142. The molecular formula is C32H64O12. The van der Waals surface area contributed by atoms with Gasteiger partial charge >= 0.3 is 5.97 Å². The largest absolute Gasteiger partial charge is 0.463 e. The van der Waals surface area contributed by atoms with Crippen LogP contribution in [0.2, 0.25) is 0 Å².